The van der Waals surface area contributed by atoms with Crippen LogP contribution in [0, 0.1) is 5.92 Å². The van der Waals surface area contributed by atoms with Crippen molar-refractivity contribution in [3.63, 3.8) is 0 Å². The summed E-state index contributed by atoms with van der Waals surface area (Å²) in [5.74, 6) is -1.14. The third-order valence-corrected chi connectivity index (χ3v) is 4.51. The molecule has 0 aromatic rings. The Labute approximate surface area is 145 Å². The number of nitrogens with one attached hydrogen (secondary N) is 2. The molecular formula is C18H31N3O3. The number of hydrogen-bond acceptors (Lipinski definition) is 4. The number of ketones is 1. The average molecular weight is 337 g/mol. The highest BCUT2D eigenvalue weighted by molar-refractivity contribution is 6.38. The summed E-state index contributed by atoms with van der Waals surface area (Å²) in [6, 6.07) is -0.976. The number of hydrogen-bond donors (Lipinski definition) is 2. The van der Waals surface area contributed by atoms with E-state index in [1.54, 1.807) is 0 Å². The third-order valence-electron chi connectivity index (χ3n) is 4.51. The zero-order valence-electron chi connectivity index (χ0n) is 15.1. The summed E-state index contributed by atoms with van der Waals surface area (Å²) >= 11 is 0. The lowest BCUT2D eigenvalue weighted by Crippen LogP contribution is -2.52. The molecule has 0 radical (unpaired) electrons. The highest BCUT2D eigenvalue weighted by atomic mass is 16.2. The molecule has 1 aliphatic rings. The minimum absolute atomic E-state index is 0.159. The number of rotatable bonds is 10. The molecule has 1 rings (SSSR count). The summed E-state index contributed by atoms with van der Waals surface area (Å²) in [5.41, 5.74) is 0. The van der Waals surface area contributed by atoms with Gasteiger partial charge in [-0.25, -0.2) is 0 Å². The molecular weight excluding hydrogens is 306 g/mol. The lowest BCUT2D eigenvalue weighted by Gasteiger charge is -2.24. The van der Waals surface area contributed by atoms with Crippen LogP contribution in [0.5, 0.6) is 0 Å². The van der Waals surface area contributed by atoms with Gasteiger partial charge in [-0.05, 0) is 38.8 Å². The summed E-state index contributed by atoms with van der Waals surface area (Å²) in [6.45, 7) is 8.75. The Morgan fingerprint density at radius 1 is 1.38 bits per heavy atom. The maximum absolute atomic E-state index is 12.5. The second-order valence-corrected chi connectivity index (χ2v) is 6.69. The molecule has 24 heavy (non-hydrogen) atoms. The van der Waals surface area contributed by atoms with E-state index in [9.17, 15) is 14.4 Å². The molecule has 0 aliphatic carbocycles. The fourth-order valence-corrected chi connectivity index (χ4v) is 3.16. The van der Waals surface area contributed by atoms with Crippen molar-refractivity contribution in [3.8, 4) is 0 Å². The van der Waals surface area contributed by atoms with E-state index in [4.69, 9.17) is 0 Å². The van der Waals surface area contributed by atoms with Crippen molar-refractivity contribution in [1.29, 1.82) is 0 Å². The molecule has 3 unspecified atom stereocenters. The normalized spacial score (nSPS) is 20.2. The average Bonchev–Trinajstić information content (AvgIpc) is 2.97. The molecule has 0 aromatic heterocycles. The van der Waals surface area contributed by atoms with Crippen LogP contribution >= 0.6 is 0 Å². The van der Waals surface area contributed by atoms with E-state index in [0.29, 0.717) is 6.42 Å². The second-order valence-electron chi connectivity index (χ2n) is 6.69. The highest BCUT2D eigenvalue weighted by Crippen LogP contribution is 2.17. The number of likely N-dealkylation sites (N-methyl/N-ethyl adjacent to an activating group) is 1. The molecule has 1 heterocycles. The predicted molar refractivity (Wildman–Crippen MR) is 94.5 cm³/mol. The van der Waals surface area contributed by atoms with Crippen LogP contribution in [-0.4, -0.2) is 54.7 Å². The highest BCUT2D eigenvalue weighted by Gasteiger charge is 2.33. The van der Waals surface area contributed by atoms with Crippen LogP contribution in [-0.2, 0) is 14.4 Å². The van der Waals surface area contributed by atoms with Crippen molar-refractivity contribution in [1.82, 2.24) is 15.5 Å². The first kappa shape index (κ1) is 20.4. The van der Waals surface area contributed by atoms with Gasteiger partial charge in [-0.1, -0.05) is 32.8 Å². The zero-order valence-corrected chi connectivity index (χ0v) is 15.1. The van der Waals surface area contributed by atoms with Gasteiger partial charge in [-0.3, -0.25) is 19.3 Å². The minimum Gasteiger partial charge on any atom is -0.346 e. The van der Waals surface area contributed by atoms with Gasteiger partial charge in [0.25, 0.3) is 5.91 Å². The number of carbonyl (C=O) groups excluding carboxylic acids is 3. The molecule has 0 bridgehead atoms. The number of amides is 2. The minimum atomic E-state index is -0.766. The van der Waals surface area contributed by atoms with E-state index in [1.807, 2.05) is 18.9 Å². The Hall–Kier alpha value is -1.69. The standard InChI is InChI=1S/C18H31N3O3/c1-5-8-13(3)12-14(16(22)18(24)19-10-6-2)20-17(23)15-9-7-11-21(15)4/h6,13-15H,2,5,7-12H2,1,3-4H3,(H,19,24)(H,20,23). The Balaban J connectivity index is 2.75. The van der Waals surface area contributed by atoms with Crippen LogP contribution in [0.1, 0.15) is 46.0 Å². The largest absolute Gasteiger partial charge is 0.346 e. The molecule has 2 amide bonds. The number of nitrogens with zero attached hydrogens (tertiary/aromatic N) is 1. The van der Waals surface area contributed by atoms with Crippen LogP contribution < -0.4 is 10.6 Å². The maximum Gasteiger partial charge on any atom is 0.289 e. The molecule has 0 spiro atoms. The molecule has 0 aromatic carbocycles. The first-order valence-corrected chi connectivity index (χ1v) is 8.84. The van der Waals surface area contributed by atoms with Crippen LogP contribution in [0.15, 0.2) is 12.7 Å². The molecule has 1 saturated heterocycles. The lowest BCUT2D eigenvalue weighted by atomic mass is 9.94. The van der Waals surface area contributed by atoms with E-state index in [-0.39, 0.29) is 24.4 Å². The van der Waals surface area contributed by atoms with Gasteiger partial charge >= 0.3 is 0 Å². The first-order chi connectivity index (χ1) is 11.4. The molecule has 3 atom stereocenters. The van der Waals surface area contributed by atoms with Crippen LogP contribution in [0.3, 0.4) is 0 Å². The molecule has 2 N–H and O–H groups in total. The fourth-order valence-electron chi connectivity index (χ4n) is 3.16. The summed E-state index contributed by atoms with van der Waals surface area (Å²) in [4.78, 5) is 38.9. The first-order valence-electron chi connectivity index (χ1n) is 8.84. The van der Waals surface area contributed by atoms with Crippen molar-refractivity contribution in [2.45, 2.75) is 58.0 Å². The van der Waals surface area contributed by atoms with Crippen molar-refractivity contribution in [3.05, 3.63) is 12.7 Å². The Bertz CT molecular complexity index is 464. The summed E-state index contributed by atoms with van der Waals surface area (Å²) < 4.78 is 0. The van der Waals surface area contributed by atoms with Gasteiger partial charge < -0.3 is 10.6 Å². The molecule has 6 heteroatoms. The van der Waals surface area contributed by atoms with E-state index in [2.05, 4.69) is 24.1 Å². The van der Waals surface area contributed by atoms with Gasteiger partial charge in [0.15, 0.2) is 0 Å². The Morgan fingerprint density at radius 3 is 2.62 bits per heavy atom. The summed E-state index contributed by atoms with van der Waals surface area (Å²) in [6.07, 6.45) is 5.72. The Kier molecular flexibility index (Phi) is 8.68. The van der Waals surface area contributed by atoms with Gasteiger partial charge in [0.2, 0.25) is 11.7 Å². The molecule has 6 nitrogen and oxygen atoms in total. The zero-order chi connectivity index (χ0) is 18.1. The summed E-state index contributed by atoms with van der Waals surface area (Å²) in [5, 5.41) is 5.32. The third kappa shape index (κ3) is 6.07. The SMILES string of the molecule is C=CCNC(=O)C(=O)C(CC(C)CCC)NC(=O)C1CCCN1C. The number of carbonyl (C=O) groups is 3. The summed E-state index contributed by atoms with van der Waals surface area (Å²) in [7, 11) is 1.91. The van der Waals surface area contributed by atoms with Gasteiger partial charge in [0, 0.05) is 6.54 Å². The van der Waals surface area contributed by atoms with Crippen molar-refractivity contribution in [2.24, 2.45) is 5.92 Å². The quantitative estimate of drug-likeness (QED) is 0.465. The monoisotopic (exact) mass is 337 g/mol. The van der Waals surface area contributed by atoms with Crippen molar-refractivity contribution in [2.75, 3.05) is 20.1 Å². The van der Waals surface area contributed by atoms with Crippen molar-refractivity contribution >= 4 is 17.6 Å². The van der Waals surface area contributed by atoms with Gasteiger partial charge in [0.1, 0.15) is 0 Å². The molecule has 1 aliphatic heterocycles. The lowest BCUT2D eigenvalue weighted by molar-refractivity contribution is -0.140. The topological polar surface area (TPSA) is 78.5 Å². The van der Waals surface area contributed by atoms with Crippen LogP contribution in [0.2, 0.25) is 0 Å². The fraction of sp³-hybridized carbons (Fsp3) is 0.722. The van der Waals surface area contributed by atoms with E-state index < -0.39 is 17.7 Å². The molecule has 0 saturated carbocycles. The molecule has 136 valence electrons. The van der Waals surface area contributed by atoms with Gasteiger partial charge in [-0.15, -0.1) is 6.58 Å². The molecule has 1 fully saturated rings. The number of Topliss-reactive ketones (excluding diaryl/α,β-unsaturated/α-hetero) is 1. The van der Waals surface area contributed by atoms with Crippen LogP contribution in [0.25, 0.3) is 0 Å². The van der Waals surface area contributed by atoms with Gasteiger partial charge in [-0.2, -0.15) is 0 Å². The second kappa shape index (κ2) is 10.2. The maximum atomic E-state index is 12.5. The van der Waals surface area contributed by atoms with Crippen LogP contribution in [0.4, 0.5) is 0 Å². The van der Waals surface area contributed by atoms with E-state index in [1.165, 1.54) is 6.08 Å². The van der Waals surface area contributed by atoms with Gasteiger partial charge in [0.05, 0.1) is 12.1 Å². The van der Waals surface area contributed by atoms with E-state index >= 15 is 0 Å². The van der Waals surface area contributed by atoms with Crippen molar-refractivity contribution < 1.29 is 14.4 Å². The smallest absolute Gasteiger partial charge is 0.289 e. The van der Waals surface area contributed by atoms with E-state index in [0.717, 1.165) is 32.2 Å². The Morgan fingerprint density at radius 2 is 2.08 bits per heavy atom. The number of likely N-dealkylation sites (tertiary alicyclic amines) is 1. The predicted octanol–water partition coefficient (Wildman–Crippen LogP) is 1.26.